The molecule has 3 N–H and O–H groups in total. The van der Waals surface area contributed by atoms with E-state index in [4.69, 9.17) is 5.84 Å². The second-order valence-electron chi connectivity index (χ2n) is 4.48. The van der Waals surface area contributed by atoms with Gasteiger partial charge in [-0.2, -0.15) is 0 Å². The van der Waals surface area contributed by atoms with Gasteiger partial charge in [-0.1, -0.05) is 31.2 Å². The maximum absolute atomic E-state index is 13.8. The van der Waals surface area contributed by atoms with Gasteiger partial charge >= 0.3 is 0 Å². The third-order valence-electron chi connectivity index (χ3n) is 3.19. The van der Waals surface area contributed by atoms with Crippen LogP contribution in [0.15, 0.2) is 36.4 Å². The van der Waals surface area contributed by atoms with E-state index in [9.17, 15) is 13.2 Å². The van der Waals surface area contributed by atoms with E-state index in [-0.39, 0.29) is 5.56 Å². The molecule has 0 saturated carbocycles. The van der Waals surface area contributed by atoms with Crippen LogP contribution in [0.5, 0.6) is 0 Å². The summed E-state index contributed by atoms with van der Waals surface area (Å²) in [6.45, 7) is 1.98. The Morgan fingerprint density at radius 2 is 1.75 bits per heavy atom. The Hall–Kier alpha value is -1.85. The van der Waals surface area contributed by atoms with Crippen molar-refractivity contribution in [3.8, 4) is 0 Å². The summed E-state index contributed by atoms with van der Waals surface area (Å²) in [6.07, 6.45) is 0.791. The Morgan fingerprint density at radius 1 is 1.10 bits per heavy atom. The summed E-state index contributed by atoms with van der Waals surface area (Å²) in [5.41, 5.74) is 3.74. The molecule has 0 saturated heterocycles. The molecule has 2 aromatic rings. The van der Waals surface area contributed by atoms with Gasteiger partial charge in [0, 0.05) is 17.7 Å². The smallest absolute Gasteiger partial charge is 0.134 e. The molecule has 1 unspecified atom stereocenters. The molecule has 0 spiro atoms. The molecule has 106 valence electrons. The predicted octanol–water partition coefficient (Wildman–Crippen LogP) is 3.22. The van der Waals surface area contributed by atoms with E-state index in [1.165, 1.54) is 0 Å². The lowest BCUT2D eigenvalue weighted by Gasteiger charge is -2.19. The Morgan fingerprint density at radius 3 is 2.30 bits per heavy atom. The number of hydrazine groups is 1. The van der Waals surface area contributed by atoms with Crippen molar-refractivity contribution in [3.63, 3.8) is 0 Å². The normalized spacial score (nSPS) is 12.4. The lowest BCUT2D eigenvalue weighted by molar-refractivity contribution is 0.492. The van der Waals surface area contributed by atoms with Crippen LogP contribution in [0.2, 0.25) is 0 Å². The van der Waals surface area contributed by atoms with Crippen LogP contribution in [0.1, 0.15) is 29.7 Å². The third-order valence-corrected chi connectivity index (χ3v) is 3.19. The lowest BCUT2D eigenvalue weighted by Crippen LogP contribution is -2.30. The van der Waals surface area contributed by atoms with Crippen molar-refractivity contribution in [1.82, 2.24) is 5.43 Å². The van der Waals surface area contributed by atoms with Crippen LogP contribution in [0.25, 0.3) is 0 Å². The average Bonchev–Trinajstić information content (AvgIpc) is 2.42. The van der Waals surface area contributed by atoms with E-state index in [1.807, 2.05) is 19.1 Å². The topological polar surface area (TPSA) is 38.0 Å². The van der Waals surface area contributed by atoms with Crippen LogP contribution < -0.4 is 11.3 Å². The zero-order chi connectivity index (χ0) is 14.7. The highest BCUT2D eigenvalue weighted by molar-refractivity contribution is 5.36. The van der Waals surface area contributed by atoms with E-state index in [2.05, 4.69) is 5.43 Å². The van der Waals surface area contributed by atoms with Gasteiger partial charge in [0.05, 0.1) is 6.04 Å². The van der Waals surface area contributed by atoms with Crippen LogP contribution in [0, 0.1) is 17.5 Å². The summed E-state index contributed by atoms with van der Waals surface area (Å²) in [5.74, 6) is 2.54. The standard InChI is InChI=1S/C15H15F3N2/c1-2-9-4-3-5-10(6-9)15(20-19)14-12(17)7-11(16)8-13(14)18/h3-8,15,20H,2,19H2,1H3. The molecule has 0 fully saturated rings. The fraction of sp³-hybridized carbons (Fsp3) is 0.200. The van der Waals surface area contributed by atoms with E-state index in [1.54, 1.807) is 12.1 Å². The summed E-state index contributed by atoms with van der Waals surface area (Å²) in [6, 6.07) is 7.64. The van der Waals surface area contributed by atoms with Gasteiger partial charge in [-0.05, 0) is 17.5 Å². The SMILES string of the molecule is CCc1cccc(C(NN)c2c(F)cc(F)cc2F)c1. The highest BCUT2D eigenvalue weighted by atomic mass is 19.1. The van der Waals surface area contributed by atoms with Gasteiger partial charge < -0.3 is 0 Å². The number of aryl methyl sites for hydroxylation is 1. The fourth-order valence-electron chi connectivity index (χ4n) is 2.17. The fourth-order valence-corrected chi connectivity index (χ4v) is 2.17. The number of nitrogens with one attached hydrogen (secondary N) is 1. The van der Waals surface area contributed by atoms with Crippen molar-refractivity contribution >= 4 is 0 Å². The van der Waals surface area contributed by atoms with E-state index < -0.39 is 23.5 Å². The van der Waals surface area contributed by atoms with Crippen molar-refractivity contribution in [3.05, 3.63) is 70.5 Å². The maximum atomic E-state index is 13.8. The highest BCUT2D eigenvalue weighted by Crippen LogP contribution is 2.27. The Kier molecular flexibility index (Phi) is 4.42. The van der Waals surface area contributed by atoms with E-state index in [0.29, 0.717) is 17.7 Å². The van der Waals surface area contributed by atoms with E-state index in [0.717, 1.165) is 12.0 Å². The summed E-state index contributed by atoms with van der Waals surface area (Å²) in [5, 5.41) is 0. The maximum Gasteiger partial charge on any atom is 0.134 e. The van der Waals surface area contributed by atoms with Gasteiger partial charge in [-0.3, -0.25) is 5.84 Å². The first-order valence-corrected chi connectivity index (χ1v) is 6.26. The second kappa shape index (κ2) is 6.07. The second-order valence-corrected chi connectivity index (χ2v) is 4.48. The number of benzene rings is 2. The molecule has 0 aliphatic heterocycles. The number of rotatable bonds is 4. The Labute approximate surface area is 115 Å². The molecule has 0 bridgehead atoms. The summed E-state index contributed by atoms with van der Waals surface area (Å²) in [7, 11) is 0. The van der Waals surface area contributed by atoms with Gasteiger partial charge in [0.15, 0.2) is 0 Å². The molecule has 0 aliphatic rings. The first kappa shape index (κ1) is 14.6. The first-order chi connectivity index (χ1) is 9.56. The van der Waals surface area contributed by atoms with Crippen LogP contribution in [0.3, 0.4) is 0 Å². The van der Waals surface area contributed by atoms with Gasteiger partial charge in [-0.15, -0.1) is 0 Å². The third kappa shape index (κ3) is 2.84. The summed E-state index contributed by atoms with van der Waals surface area (Å²) < 4.78 is 40.6. The van der Waals surface area contributed by atoms with Crippen molar-refractivity contribution in [2.24, 2.45) is 5.84 Å². The summed E-state index contributed by atoms with van der Waals surface area (Å²) >= 11 is 0. The zero-order valence-corrected chi connectivity index (χ0v) is 11.0. The number of hydrogen-bond donors (Lipinski definition) is 2. The summed E-state index contributed by atoms with van der Waals surface area (Å²) in [4.78, 5) is 0. The van der Waals surface area contributed by atoms with Gasteiger partial charge in [-0.25, -0.2) is 18.6 Å². The first-order valence-electron chi connectivity index (χ1n) is 6.26. The molecule has 0 radical (unpaired) electrons. The molecule has 0 heterocycles. The van der Waals surface area contributed by atoms with Gasteiger partial charge in [0.25, 0.3) is 0 Å². The van der Waals surface area contributed by atoms with Crippen molar-refractivity contribution < 1.29 is 13.2 Å². The zero-order valence-electron chi connectivity index (χ0n) is 11.0. The molecule has 2 aromatic carbocycles. The van der Waals surface area contributed by atoms with Crippen LogP contribution >= 0.6 is 0 Å². The van der Waals surface area contributed by atoms with Crippen molar-refractivity contribution in [1.29, 1.82) is 0 Å². The number of hydrogen-bond acceptors (Lipinski definition) is 2. The molecule has 1 atom stereocenters. The highest BCUT2D eigenvalue weighted by Gasteiger charge is 2.22. The van der Waals surface area contributed by atoms with Gasteiger partial charge in [0.1, 0.15) is 17.5 Å². The minimum atomic E-state index is -0.965. The average molecular weight is 280 g/mol. The van der Waals surface area contributed by atoms with E-state index >= 15 is 0 Å². The monoisotopic (exact) mass is 280 g/mol. The molecule has 0 amide bonds. The minimum Gasteiger partial charge on any atom is -0.271 e. The molecule has 2 nitrogen and oxygen atoms in total. The number of nitrogens with two attached hydrogens (primary N) is 1. The minimum absolute atomic E-state index is 0.290. The van der Waals surface area contributed by atoms with Crippen molar-refractivity contribution in [2.75, 3.05) is 0 Å². The lowest BCUT2D eigenvalue weighted by atomic mass is 9.96. The van der Waals surface area contributed by atoms with Crippen LogP contribution in [0.4, 0.5) is 13.2 Å². The van der Waals surface area contributed by atoms with Crippen LogP contribution in [-0.4, -0.2) is 0 Å². The van der Waals surface area contributed by atoms with Gasteiger partial charge in [0.2, 0.25) is 0 Å². The Bertz CT molecular complexity index is 591. The molecule has 2 rings (SSSR count). The molecule has 5 heteroatoms. The Balaban J connectivity index is 2.52. The molecule has 0 aromatic heterocycles. The number of halogens is 3. The molecular weight excluding hydrogens is 265 g/mol. The predicted molar refractivity (Wildman–Crippen MR) is 71.3 cm³/mol. The molecule has 20 heavy (non-hydrogen) atoms. The molecular formula is C15H15F3N2. The molecule has 0 aliphatic carbocycles. The van der Waals surface area contributed by atoms with Crippen LogP contribution in [-0.2, 0) is 6.42 Å². The quantitative estimate of drug-likeness (QED) is 0.666. The van der Waals surface area contributed by atoms with Crippen molar-refractivity contribution in [2.45, 2.75) is 19.4 Å². The largest absolute Gasteiger partial charge is 0.271 e.